The minimum Gasteiger partial charge on any atom is -0.277 e. The molecule has 28 heavy (non-hydrogen) atoms. The van der Waals surface area contributed by atoms with E-state index in [9.17, 15) is 17.6 Å². The second-order valence-electron chi connectivity index (χ2n) is 6.25. The van der Waals surface area contributed by atoms with Gasteiger partial charge in [-0.05, 0) is 49.7 Å². The van der Waals surface area contributed by atoms with Crippen LogP contribution in [0.5, 0.6) is 0 Å². The number of sulfonamides is 1. The van der Waals surface area contributed by atoms with Crippen LogP contribution in [0.15, 0.2) is 52.7 Å². The lowest BCUT2D eigenvalue weighted by atomic mass is 10.2. The highest BCUT2D eigenvalue weighted by atomic mass is 32.2. The van der Waals surface area contributed by atoms with Crippen LogP contribution in [0.3, 0.4) is 0 Å². The summed E-state index contributed by atoms with van der Waals surface area (Å²) >= 11 is 1.32. The number of hydrogen-bond donors (Lipinski definition) is 2. The number of carbonyl (C=O) groups is 1. The van der Waals surface area contributed by atoms with Crippen molar-refractivity contribution >= 4 is 27.3 Å². The highest BCUT2D eigenvalue weighted by Crippen LogP contribution is 2.24. The zero-order chi connectivity index (χ0) is 20.3. The molecule has 1 amide bonds. The van der Waals surface area contributed by atoms with Crippen molar-refractivity contribution in [2.45, 2.75) is 25.2 Å². The predicted molar refractivity (Wildman–Crippen MR) is 106 cm³/mol. The molecule has 0 fully saturated rings. The predicted octanol–water partition coefficient (Wildman–Crippen LogP) is 3.12. The zero-order valence-electron chi connectivity index (χ0n) is 15.2. The smallest absolute Gasteiger partial charge is 0.257 e. The Labute approximate surface area is 166 Å². The first kappa shape index (κ1) is 20.1. The second-order valence-corrected chi connectivity index (χ2v) is 8.76. The molecular formula is C19H18FN3O3S2. The summed E-state index contributed by atoms with van der Waals surface area (Å²) in [7, 11) is -3.87. The van der Waals surface area contributed by atoms with E-state index in [0.717, 1.165) is 11.1 Å². The van der Waals surface area contributed by atoms with Crippen molar-refractivity contribution in [3.63, 3.8) is 0 Å². The van der Waals surface area contributed by atoms with Gasteiger partial charge in [0, 0.05) is 10.9 Å². The summed E-state index contributed by atoms with van der Waals surface area (Å²) in [5.41, 5.74) is 4.98. The number of nitrogens with zero attached hydrogens (tertiary/aromatic N) is 1. The molecule has 0 aliphatic rings. The van der Waals surface area contributed by atoms with E-state index in [0.29, 0.717) is 16.3 Å². The minimum absolute atomic E-state index is 0.0902. The van der Waals surface area contributed by atoms with Gasteiger partial charge in [0.25, 0.3) is 10.0 Å². The molecule has 0 saturated carbocycles. The molecule has 6 nitrogen and oxygen atoms in total. The number of carbonyl (C=O) groups excluding carboxylic acids is 1. The molecular weight excluding hydrogens is 401 g/mol. The molecule has 0 aliphatic heterocycles. The lowest BCUT2D eigenvalue weighted by molar-refractivity contribution is -0.120. The summed E-state index contributed by atoms with van der Waals surface area (Å²) in [6.45, 7) is 3.56. The van der Waals surface area contributed by atoms with Crippen molar-refractivity contribution in [1.82, 2.24) is 15.2 Å². The lowest BCUT2D eigenvalue weighted by Crippen LogP contribution is -2.42. The molecule has 0 spiro atoms. The van der Waals surface area contributed by atoms with Gasteiger partial charge in [0.2, 0.25) is 5.91 Å². The van der Waals surface area contributed by atoms with E-state index >= 15 is 0 Å². The summed E-state index contributed by atoms with van der Waals surface area (Å²) in [4.78, 5) is 18.6. The largest absolute Gasteiger partial charge is 0.277 e. The Morgan fingerprint density at radius 3 is 2.54 bits per heavy atom. The van der Waals surface area contributed by atoms with Gasteiger partial charge in [-0.15, -0.1) is 16.2 Å². The summed E-state index contributed by atoms with van der Waals surface area (Å²) in [5.74, 6) is -0.875. The molecule has 0 radical (unpaired) electrons. The Bertz CT molecular complexity index is 1110. The van der Waals surface area contributed by atoms with Gasteiger partial charge in [-0.1, -0.05) is 17.7 Å². The van der Waals surface area contributed by atoms with Crippen molar-refractivity contribution in [3.8, 4) is 10.6 Å². The number of nitrogens with one attached hydrogen (secondary N) is 2. The Kier molecular flexibility index (Phi) is 5.87. The number of aromatic nitrogens is 1. The van der Waals surface area contributed by atoms with Crippen LogP contribution in [0.1, 0.15) is 16.8 Å². The topological polar surface area (TPSA) is 88.2 Å². The molecule has 0 aliphatic carbocycles. The Morgan fingerprint density at radius 2 is 1.86 bits per heavy atom. The lowest BCUT2D eigenvalue weighted by Gasteiger charge is -2.10. The van der Waals surface area contributed by atoms with Crippen LogP contribution >= 0.6 is 11.3 Å². The van der Waals surface area contributed by atoms with Gasteiger partial charge >= 0.3 is 0 Å². The number of halogens is 1. The molecule has 3 rings (SSSR count). The van der Waals surface area contributed by atoms with Gasteiger partial charge in [0.05, 0.1) is 17.0 Å². The maximum atomic E-state index is 13.0. The van der Waals surface area contributed by atoms with Crippen molar-refractivity contribution < 1.29 is 17.6 Å². The van der Waals surface area contributed by atoms with Crippen molar-refractivity contribution in [3.05, 3.63) is 70.5 Å². The summed E-state index contributed by atoms with van der Waals surface area (Å²) in [5, 5.41) is 2.36. The van der Waals surface area contributed by atoms with E-state index in [2.05, 4.69) is 15.2 Å². The second kappa shape index (κ2) is 8.17. The number of rotatable bonds is 6. The van der Waals surface area contributed by atoms with Crippen LogP contribution in [-0.2, 0) is 21.2 Å². The van der Waals surface area contributed by atoms with Gasteiger partial charge in [0.1, 0.15) is 10.8 Å². The first-order valence-electron chi connectivity index (χ1n) is 8.33. The molecule has 2 N–H and O–H groups in total. The van der Waals surface area contributed by atoms with Crippen molar-refractivity contribution in [2.24, 2.45) is 0 Å². The van der Waals surface area contributed by atoms with Crippen LogP contribution in [0.4, 0.5) is 4.39 Å². The molecule has 0 unspecified atom stereocenters. The third-order valence-corrected chi connectivity index (χ3v) is 6.28. The van der Waals surface area contributed by atoms with Crippen molar-refractivity contribution in [2.75, 3.05) is 0 Å². The summed E-state index contributed by atoms with van der Waals surface area (Å²) in [6, 6.07) is 10.8. The van der Waals surface area contributed by atoms with E-state index in [1.54, 1.807) is 36.6 Å². The first-order chi connectivity index (χ1) is 13.2. The molecule has 3 aromatic rings. The van der Waals surface area contributed by atoms with Gasteiger partial charge in [-0.3, -0.25) is 10.2 Å². The molecule has 9 heteroatoms. The SMILES string of the molecule is Cc1ccc(S(=O)(=O)NNC(=O)Cc2csc(-c3ccc(F)cc3)n2)c(C)c1. The fourth-order valence-electron chi connectivity index (χ4n) is 2.60. The molecule has 146 valence electrons. The van der Waals surface area contributed by atoms with Gasteiger partial charge in [-0.2, -0.15) is 0 Å². The maximum Gasteiger partial charge on any atom is 0.257 e. The number of hydrogen-bond acceptors (Lipinski definition) is 5. The van der Waals surface area contributed by atoms with Crippen LogP contribution in [0.2, 0.25) is 0 Å². The minimum atomic E-state index is -3.87. The average molecular weight is 420 g/mol. The number of aryl methyl sites for hydroxylation is 2. The van der Waals surface area contributed by atoms with Gasteiger partial charge < -0.3 is 0 Å². The Morgan fingerprint density at radius 1 is 1.14 bits per heavy atom. The summed E-state index contributed by atoms with van der Waals surface area (Å²) in [6.07, 6.45) is -0.0902. The number of thiazole rings is 1. The highest BCUT2D eigenvalue weighted by molar-refractivity contribution is 7.89. The number of hydrazine groups is 1. The van der Waals surface area contributed by atoms with E-state index < -0.39 is 15.9 Å². The Hall–Kier alpha value is -2.62. The number of benzene rings is 2. The van der Waals surface area contributed by atoms with Gasteiger partial charge in [0.15, 0.2) is 0 Å². The molecule has 1 aromatic heterocycles. The van der Waals surface area contributed by atoms with E-state index in [1.165, 1.54) is 29.5 Å². The fraction of sp³-hybridized carbons (Fsp3) is 0.158. The normalized spacial score (nSPS) is 11.4. The first-order valence-corrected chi connectivity index (χ1v) is 10.7. The standard InChI is InChI=1S/C19H18FN3O3S2/c1-12-3-8-17(13(2)9-12)28(25,26)23-22-18(24)10-16-11-27-19(21-16)14-4-6-15(20)7-5-14/h3-9,11,23H,10H2,1-2H3,(H,22,24). The van der Waals surface area contributed by atoms with Crippen LogP contribution in [-0.4, -0.2) is 19.3 Å². The highest BCUT2D eigenvalue weighted by Gasteiger charge is 2.18. The summed E-state index contributed by atoms with van der Waals surface area (Å²) < 4.78 is 37.7. The fourth-order valence-corrected chi connectivity index (χ4v) is 4.52. The quantitative estimate of drug-likeness (QED) is 0.601. The van der Waals surface area contributed by atoms with Gasteiger partial charge in [-0.25, -0.2) is 17.8 Å². The third-order valence-electron chi connectivity index (χ3n) is 3.93. The maximum absolute atomic E-state index is 13.0. The molecule has 0 atom stereocenters. The van der Waals surface area contributed by atoms with Crippen molar-refractivity contribution in [1.29, 1.82) is 0 Å². The molecule has 1 heterocycles. The van der Waals surface area contributed by atoms with Crippen LogP contribution < -0.4 is 10.3 Å². The van der Waals surface area contributed by atoms with E-state index in [1.807, 2.05) is 6.92 Å². The van der Waals surface area contributed by atoms with Crippen LogP contribution in [0.25, 0.3) is 10.6 Å². The molecule has 0 saturated heterocycles. The Balaban J connectivity index is 1.62. The molecule has 0 bridgehead atoms. The molecule has 2 aromatic carbocycles. The van der Waals surface area contributed by atoms with E-state index in [4.69, 9.17) is 0 Å². The van der Waals surface area contributed by atoms with Crippen LogP contribution in [0, 0.1) is 19.7 Å². The average Bonchev–Trinajstić information content (AvgIpc) is 3.09. The number of amides is 1. The zero-order valence-corrected chi connectivity index (χ0v) is 16.8. The third kappa shape index (κ3) is 4.80. The monoisotopic (exact) mass is 419 g/mol. The van der Waals surface area contributed by atoms with E-state index in [-0.39, 0.29) is 17.1 Å².